The van der Waals surface area contributed by atoms with Gasteiger partial charge in [0.25, 0.3) is 5.56 Å². The largest absolute Gasteiger partial charge is 0.315 e. The van der Waals surface area contributed by atoms with Gasteiger partial charge in [0.15, 0.2) is 0 Å². The van der Waals surface area contributed by atoms with Crippen molar-refractivity contribution in [3.05, 3.63) is 38.6 Å². The van der Waals surface area contributed by atoms with Crippen LogP contribution in [-0.2, 0) is 6.54 Å². The van der Waals surface area contributed by atoms with E-state index in [0.717, 1.165) is 44.8 Å². The predicted octanol–water partition coefficient (Wildman–Crippen LogP) is 3.70. The smallest absolute Gasteiger partial charge is 0.261 e. The van der Waals surface area contributed by atoms with Crippen LogP contribution in [0, 0.1) is 11.7 Å². The number of nitrogens with zero attached hydrogens (tertiary/aromatic N) is 3. The summed E-state index contributed by atoms with van der Waals surface area (Å²) in [6.07, 6.45) is 1.92. The van der Waals surface area contributed by atoms with Crippen LogP contribution >= 0.6 is 15.9 Å². The minimum Gasteiger partial charge on any atom is -0.315 e. The maximum absolute atomic E-state index is 14.1. The molecular weight excluding hydrogens is 411 g/mol. The summed E-state index contributed by atoms with van der Waals surface area (Å²) in [6, 6.07) is 2.96. The fourth-order valence-corrected chi connectivity index (χ4v) is 4.30. The molecule has 1 aliphatic rings. The first-order chi connectivity index (χ1) is 13.0. The summed E-state index contributed by atoms with van der Waals surface area (Å²) in [5.74, 6) is 0.893. The maximum atomic E-state index is 14.1. The topological polar surface area (TPSA) is 50.2 Å². The SMILES string of the molecule is CCC[C@@H](c1nc2cc(F)c(Br)cc2c(=O)n1CC)N1CCNC[C@@H](C)C1. The second-order valence-corrected chi connectivity index (χ2v) is 8.27. The Hall–Kier alpha value is -1.31. The van der Waals surface area contributed by atoms with Crippen molar-refractivity contribution in [3.8, 4) is 0 Å². The Labute approximate surface area is 168 Å². The van der Waals surface area contributed by atoms with Gasteiger partial charge in [0.05, 0.1) is 21.4 Å². The van der Waals surface area contributed by atoms with Crippen molar-refractivity contribution in [1.29, 1.82) is 0 Å². The number of aromatic nitrogens is 2. The van der Waals surface area contributed by atoms with E-state index in [4.69, 9.17) is 4.98 Å². The minimum atomic E-state index is -0.394. The molecule has 1 N–H and O–H groups in total. The van der Waals surface area contributed by atoms with E-state index in [-0.39, 0.29) is 11.6 Å². The first kappa shape index (κ1) is 20.4. The van der Waals surface area contributed by atoms with Crippen LogP contribution in [0.5, 0.6) is 0 Å². The molecule has 0 amide bonds. The number of benzene rings is 1. The molecule has 5 nitrogen and oxygen atoms in total. The Morgan fingerprint density at radius 2 is 2.19 bits per heavy atom. The van der Waals surface area contributed by atoms with Gasteiger partial charge in [0.2, 0.25) is 0 Å². The van der Waals surface area contributed by atoms with Gasteiger partial charge in [0, 0.05) is 32.2 Å². The van der Waals surface area contributed by atoms with Crippen molar-refractivity contribution in [2.75, 3.05) is 26.2 Å². The molecule has 1 aromatic carbocycles. The van der Waals surface area contributed by atoms with E-state index < -0.39 is 5.82 Å². The molecule has 0 radical (unpaired) electrons. The molecule has 148 valence electrons. The Bertz CT molecular complexity index is 869. The fourth-order valence-electron chi connectivity index (χ4n) is 3.95. The summed E-state index contributed by atoms with van der Waals surface area (Å²) in [4.78, 5) is 20.3. The van der Waals surface area contributed by atoms with Gasteiger partial charge in [-0.3, -0.25) is 14.3 Å². The standard InChI is InChI=1S/C20H28BrFN4O/c1-4-6-18(25-8-7-23-11-13(3)12-25)19-24-17-10-16(22)15(21)9-14(17)20(27)26(19)5-2/h9-10,13,18,23H,4-8,11-12H2,1-3H3/t13-,18+/m1/s1. The van der Waals surface area contributed by atoms with Crippen LogP contribution in [0.3, 0.4) is 0 Å². The van der Waals surface area contributed by atoms with Crippen LogP contribution in [0.25, 0.3) is 10.9 Å². The van der Waals surface area contributed by atoms with Crippen molar-refractivity contribution >= 4 is 26.8 Å². The Morgan fingerprint density at radius 1 is 1.41 bits per heavy atom. The lowest BCUT2D eigenvalue weighted by Crippen LogP contribution is -2.38. The molecule has 1 saturated heterocycles. The normalized spacial score (nSPS) is 20.0. The molecule has 2 heterocycles. The molecule has 1 aromatic heterocycles. The average molecular weight is 439 g/mol. The summed E-state index contributed by atoms with van der Waals surface area (Å²) >= 11 is 3.18. The van der Waals surface area contributed by atoms with E-state index in [1.807, 2.05) is 6.92 Å². The summed E-state index contributed by atoms with van der Waals surface area (Å²) in [5.41, 5.74) is 0.336. The second-order valence-electron chi connectivity index (χ2n) is 7.41. The lowest BCUT2D eigenvalue weighted by molar-refractivity contribution is 0.169. The van der Waals surface area contributed by atoms with E-state index >= 15 is 0 Å². The zero-order valence-corrected chi connectivity index (χ0v) is 17.9. The number of fused-ring (bicyclic) bond motifs is 1. The van der Waals surface area contributed by atoms with Crippen LogP contribution in [-0.4, -0.2) is 40.6 Å². The van der Waals surface area contributed by atoms with Crippen molar-refractivity contribution in [3.63, 3.8) is 0 Å². The molecule has 2 atom stereocenters. The van der Waals surface area contributed by atoms with E-state index in [1.54, 1.807) is 10.6 Å². The average Bonchev–Trinajstić information content (AvgIpc) is 2.85. The van der Waals surface area contributed by atoms with Crippen LogP contribution in [0.1, 0.15) is 45.5 Å². The monoisotopic (exact) mass is 438 g/mol. The van der Waals surface area contributed by atoms with Crippen LogP contribution < -0.4 is 10.9 Å². The van der Waals surface area contributed by atoms with Crippen molar-refractivity contribution in [1.82, 2.24) is 19.8 Å². The van der Waals surface area contributed by atoms with Crippen LogP contribution in [0.2, 0.25) is 0 Å². The third kappa shape index (κ3) is 4.25. The Kier molecular flexibility index (Phi) is 6.65. The van der Waals surface area contributed by atoms with Gasteiger partial charge in [-0.1, -0.05) is 20.3 Å². The van der Waals surface area contributed by atoms with E-state index in [9.17, 15) is 9.18 Å². The fraction of sp³-hybridized carbons (Fsp3) is 0.600. The van der Waals surface area contributed by atoms with Gasteiger partial charge in [-0.2, -0.15) is 0 Å². The lowest BCUT2D eigenvalue weighted by Gasteiger charge is -2.32. The van der Waals surface area contributed by atoms with Crippen molar-refractivity contribution in [2.24, 2.45) is 5.92 Å². The van der Waals surface area contributed by atoms with Crippen LogP contribution in [0.15, 0.2) is 21.4 Å². The molecule has 0 spiro atoms. The highest BCUT2D eigenvalue weighted by Crippen LogP contribution is 2.28. The first-order valence-electron chi connectivity index (χ1n) is 9.80. The quantitative estimate of drug-likeness (QED) is 0.772. The predicted molar refractivity (Wildman–Crippen MR) is 111 cm³/mol. The molecular formula is C20H28BrFN4O. The van der Waals surface area contributed by atoms with Crippen molar-refractivity contribution < 1.29 is 4.39 Å². The molecule has 0 aliphatic carbocycles. The molecule has 7 heteroatoms. The molecule has 1 aliphatic heterocycles. The van der Waals surface area contributed by atoms with Gasteiger partial charge in [-0.05, 0) is 47.8 Å². The third-order valence-corrected chi connectivity index (χ3v) is 5.87. The first-order valence-corrected chi connectivity index (χ1v) is 10.6. The molecule has 0 unspecified atom stereocenters. The lowest BCUT2D eigenvalue weighted by atomic mass is 10.1. The number of nitrogens with one attached hydrogen (secondary N) is 1. The van der Waals surface area contributed by atoms with E-state index in [2.05, 4.69) is 40.0 Å². The molecule has 0 bridgehead atoms. The third-order valence-electron chi connectivity index (χ3n) is 5.26. The van der Waals surface area contributed by atoms with Gasteiger partial charge in [0.1, 0.15) is 11.6 Å². The highest BCUT2D eigenvalue weighted by molar-refractivity contribution is 9.10. The zero-order chi connectivity index (χ0) is 19.6. The number of rotatable bonds is 5. The summed E-state index contributed by atoms with van der Waals surface area (Å²) in [7, 11) is 0. The van der Waals surface area contributed by atoms with Gasteiger partial charge < -0.3 is 5.32 Å². The number of halogens is 2. The molecule has 3 rings (SSSR count). The summed E-state index contributed by atoms with van der Waals surface area (Å²) < 4.78 is 16.1. The molecule has 2 aromatic rings. The maximum Gasteiger partial charge on any atom is 0.261 e. The zero-order valence-electron chi connectivity index (χ0n) is 16.3. The highest BCUT2D eigenvalue weighted by Gasteiger charge is 2.27. The molecule has 27 heavy (non-hydrogen) atoms. The molecule has 0 saturated carbocycles. The van der Waals surface area contributed by atoms with Crippen molar-refractivity contribution in [2.45, 2.75) is 46.2 Å². The number of hydrogen-bond donors (Lipinski definition) is 1. The summed E-state index contributed by atoms with van der Waals surface area (Å²) in [5, 5.41) is 3.93. The Morgan fingerprint density at radius 3 is 2.89 bits per heavy atom. The molecule has 1 fully saturated rings. The van der Waals surface area contributed by atoms with E-state index in [1.165, 1.54) is 6.07 Å². The Balaban J connectivity index is 2.16. The second kappa shape index (κ2) is 8.80. The summed E-state index contributed by atoms with van der Waals surface area (Å²) in [6.45, 7) is 10.7. The highest BCUT2D eigenvalue weighted by atomic mass is 79.9. The van der Waals surface area contributed by atoms with Gasteiger partial charge in [-0.25, -0.2) is 9.37 Å². The van der Waals surface area contributed by atoms with Gasteiger partial charge in [-0.15, -0.1) is 0 Å². The number of hydrogen-bond acceptors (Lipinski definition) is 4. The minimum absolute atomic E-state index is 0.0566. The van der Waals surface area contributed by atoms with E-state index in [0.29, 0.717) is 27.8 Å². The van der Waals surface area contributed by atoms with Gasteiger partial charge >= 0.3 is 0 Å². The van der Waals surface area contributed by atoms with Crippen LogP contribution in [0.4, 0.5) is 4.39 Å².